The van der Waals surface area contributed by atoms with Crippen molar-refractivity contribution in [3.05, 3.63) is 76.3 Å². The first-order valence-electron chi connectivity index (χ1n) is 7.81. The number of methoxy groups -OCH3 is 1. The zero-order valence-electron chi connectivity index (χ0n) is 14.0. The molecule has 0 aliphatic rings. The first-order chi connectivity index (χ1) is 12.5. The van der Waals surface area contributed by atoms with Crippen LogP contribution in [0.15, 0.2) is 60.7 Å². The minimum absolute atomic E-state index is 0.110. The number of rotatable bonds is 4. The Morgan fingerprint density at radius 1 is 1.12 bits per heavy atom. The standard InChI is InChI=1S/C19H16N2O5/c1-26-19(23)20(12-14-7-3-5-9-16(14)21(24)25)18-15-8-4-2-6-13(15)10-11-17(18)22/h2-11,22H,12H2,1H3. The minimum Gasteiger partial charge on any atom is -0.506 e. The van der Waals surface area contributed by atoms with Crippen LogP contribution in [0.5, 0.6) is 5.75 Å². The van der Waals surface area contributed by atoms with Crippen molar-refractivity contribution < 1.29 is 19.6 Å². The van der Waals surface area contributed by atoms with Crippen LogP contribution in [0.2, 0.25) is 0 Å². The van der Waals surface area contributed by atoms with Gasteiger partial charge < -0.3 is 9.84 Å². The Kier molecular flexibility index (Phi) is 4.70. The highest BCUT2D eigenvalue weighted by Crippen LogP contribution is 2.37. The van der Waals surface area contributed by atoms with Crippen LogP contribution in [0.4, 0.5) is 16.2 Å². The summed E-state index contributed by atoms with van der Waals surface area (Å²) >= 11 is 0. The van der Waals surface area contributed by atoms with Gasteiger partial charge in [-0.05, 0) is 11.5 Å². The third kappa shape index (κ3) is 3.14. The number of benzene rings is 3. The van der Waals surface area contributed by atoms with Crippen LogP contribution in [-0.2, 0) is 11.3 Å². The fourth-order valence-electron chi connectivity index (χ4n) is 2.87. The third-order valence-corrected chi connectivity index (χ3v) is 4.06. The van der Waals surface area contributed by atoms with E-state index in [0.717, 1.165) is 5.39 Å². The fourth-order valence-corrected chi connectivity index (χ4v) is 2.87. The van der Waals surface area contributed by atoms with E-state index in [0.29, 0.717) is 10.9 Å². The van der Waals surface area contributed by atoms with E-state index in [2.05, 4.69) is 0 Å². The maximum atomic E-state index is 12.4. The van der Waals surface area contributed by atoms with Crippen LogP contribution in [-0.4, -0.2) is 23.2 Å². The maximum absolute atomic E-state index is 12.4. The smallest absolute Gasteiger partial charge is 0.414 e. The number of aromatic hydroxyl groups is 1. The van der Waals surface area contributed by atoms with Crippen molar-refractivity contribution >= 4 is 28.2 Å². The molecule has 0 aromatic heterocycles. The summed E-state index contributed by atoms with van der Waals surface area (Å²) in [6.45, 7) is -0.120. The molecule has 0 atom stereocenters. The van der Waals surface area contributed by atoms with Crippen LogP contribution in [0.25, 0.3) is 10.8 Å². The first-order valence-corrected chi connectivity index (χ1v) is 7.81. The largest absolute Gasteiger partial charge is 0.506 e. The Morgan fingerprint density at radius 2 is 1.81 bits per heavy atom. The average molecular weight is 352 g/mol. The highest BCUT2D eigenvalue weighted by atomic mass is 16.6. The van der Waals surface area contributed by atoms with E-state index in [1.165, 1.54) is 24.1 Å². The molecule has 0 spiro atoms. The summed E-state index contributed by atoms with van der Waals surface area (Å²) in [5, 5.41) is 23.1. The number of nitrogens with zero attached hydrogens (tertiary/aromatic N) is 2. The van der Waals surface area contributed by atoms with E-state index in [9.17, 15) is 20.0 Å². The molecule has 0 aliphatic carbocycles. The molecule has 3 aromatic rings. The molecule has 132 valence electrons. The molecule has 0 unspecified atom stereocenters. The molecule has 0 heterocycles. The van der Waals surface area contributed by atoms with Crippen LogP contribution in [0.3, 0.4) is 0 Å². The number of carbonyl (C=O) groups is 1. The molecule has 0 bridgehead atoms. The maximum Gasteiger partial charge on any atom is 0.414 e. The zero-order chi connectivity index (χ0) is 18.7. The van der Waals surface area contributed by atoms with Gasteiger partial charge >= 0.3 is 6.09 Å². The van der Waals surface area contributed by atoms with Crippen LogP contribution in [0.1, 0.15) is 5.56 Å². The Balaban J connectivity index is 2.16. The summed E-state index contributed by atoms with van der Waals surface area (Å²) in [5.74, 6) is -0.118. The number of para-hydroxylation sites is 1. The molecule has 26 heavy (non-hydrogen) atoms. The molecular formula is C19H16N2O5. The first kappa shape index (κ1) is 17.2. The lowest BCUT2D eigenvalue weighted by atomic mass is 10.1. The number of nitro groups is 1. The third-order valence-electron chi connectivity index (χ3n) is 4.06. The molecule has 7 heteroatoms. The van der Waals surface area contributed by atoms with Gasteiger partial charge in [-0.1, -0.05) is 48.5 Å². The van der Waals surface area contributed by atoms with Crippen molar-refractivity contribution in [1.82, 2.24) is 0 Å². The summed E-state index contributed by atoms with van der Waals surface area (Å²) < 4.78 is 4.85. The van der Waals surface area contributed by atoms with Crippen LogP contribution in [0, 0.1) is 10.1 Å². The van der Waals surface area contributed by atoms with Crippen molar-refractivity contribution in [1.29, 1.82) is 0 Å². The number of anilines is 1. The molecule has 0 saturated carbocycles. The molecule has 7 nitrogen and oxygen atoms in total. The van der Waals surface area contributed by atoms with Gasteiger partial charge in [0.2, 0.25) is 0 Å². The number of phenols is 1. The molecule has 3 aromatic carbocycles. The van der Waals surface area contributed by atoms with E-state index in [1.54, 1.807) is 36.4 Å². The molecular weight excluding hydrogens is 336 g/mol. The van der Waals surface area contributed by atoms with Crippen molar-refractivity contribution in [3.63, 3.8) is 0 Å². The second-order valence-corrected chi connectivity index (χ2v) is 5.60. The van der Waals surface area contributed by atoms with E-state index < -0.39 is 11.0 Å². The van der Waals surface area contributed by atoms with Gasteiger partial charge in [-0.25, -0.2) is 4.79 Å². The van der Waals surface area contributed by atoms with Gasteiger partial charge in [-0.2, -0.15) is 0 Å². The average Bonchev–Trinajstić information content (AvgIpc) is 2.66. The van der Waals surface area contributed by atoms with E-state index in [-0.39, 0.29) is 23.7 Å². The lowest BCUT2D eigenvalue weighted by Gasteiger charge is -2.23. The topological polar surface area (TPSA) is 92.9 Å². The van der Waals surface area contributed by atoms with Crippen LogP contribution < -0.4 is 4.90 Å². The second-order valence-electron chi connectivity index (χ2n) is 5.60. The van der Waals surface area contributed by atoms with Gasteiger partial charge in [-0.3, -0.25) is 15.0 Å². The molecule has 0 fully saturated rings. The Hall–Kier alpha value is -3.61. The van der Waals surface area contributed by atoms with E-state index >= 15 is 0 Å². The lowest BCUT2D eigenvalue weighted by Crippen LogP contribution is -2.30. The Morgan fingerprint density at radius 3 is 2.54 bits per heavy atom. The SMILES string of the molecule is COC(=O)N(Cc1ccccc1[N+](=O)[O-])c1c(O)ccc2ccccc12. The van der Waals surface area contributed by atoms with Gasteiger partial charge in [0.15, 0.2) is 0 Å². The molecule has 0 radical (unpaired) electrons. The highest BCUT2D eigenvalue weighted by Gasteiger charge is 2.25. The molecule has 1 N–H and O–H groups in total. The van der Waals surface area contributed by atoms with Gasteiger partial charge in [0.05, 0.1) is 24.3 Å². The number of nitro benzene ring substituents is 1. The molecule has 0 saturated heterocycles. The zero-order valence-corrected chi connectivity index (χ0v) is 14.0. The van der Waals surface area contributed by atoms with Crippen molar-refractivity contribution in [2.24, 2.45) is 0 Å². The number of carbonyl (C=O) groups excluding carboxylic acids is 1. The summed E-state index contributed by atoms with van der Waals surface area (Å²) in [7, 11) is 1.22. The minimum atomic E-state index is -0.727. The van der Waals surface area contributed by atoms with Gasteiger partial charge in [-0.15, -0.1) is 0 Å². The number of ether oxygens (including phenoxy) is 1. The summed E-state index contributed by atoms with van der Waals surface area (Å²) in [5.41, 5.74) is 0.462. The number of hydrogen-bond donors (Lipinski definition) is 1. The predicted molar refractivity (Wildman–Crippen MR) is 97.3 cm³/mol. The normalized spacial score (nSPS) is 10.5. The van der Waals surface area contributed by atoms with Crippen LogP contribution >= 0.6 is 0 Å². The van der Waals surface area contributed by atoms with Crippen molar-refractivity contribution in [3.8, 4) is 5.75 Å². The van der Waals surface area contributed by atoms with Gasteiger partial charge in [0, 0.05) is 17.0 Å². The van der Waals surface area contributed by atoms with Gasteiger partial charge in [0.25, 0.3) is 5.69 Å². The quantitative estimate of drug-likeness (QED) is 0.560. The second kappa shape index (κ2) is 7.10. The van der Waals surface area contributed by atoms with E-state index in [4.69, 9.17) is 4.74 Å². The molecule has 1 amide bonds. The van der Waals surface area contributed by atoms with Crippen molar-refractivity contribution in [2.45, 2.75) is 6.54 Å². The summed E-state index contributed by atoms with van der Waals surface area (Å²) in [6.07, 6.45) is -0.727. The Labute approximate surface area is 149 Å². The van der Waals surface area contributed by atoms with Gasteiger partial charge in [0.1, 0.15) is 5.75 Å². The number of phenolic OH excluding ortho intramolecular Hbond substituents is 1. The number of fused-ring (bicyclic) bond motifs is 1. The van der Waals surface area contributed by atoms with Crippen molar-refractivity contribution in [2.75, 3.05) is 12.0 Å². The fraction of sp³-hybridized carbons (Fsp3) is 0.105. The summed E-state index contributed by atoms with van der Waals surface area (Å²) in [4.78, 5) is 24.4. The lowest BCUT2D eigenvalue weighted by molar-refractivity contribution is -0.385. The highest BCUT2D eigenvalue weighted by molar-refractivity contribution is 6.04. The summed E-state index contributed by atoms with van der Waals surface area (Å²) in [6, 6.07) is 16.6. The molecule has 3 rings (SSSR count). The monoisotopic (exact) mass is 352 g/mol. The Bertz CT molecular complexity index is 987. The van der Waals surface area contributed by atoms with E-state index in [1.807, 2.05) is 12.1 Å². The number of amides is 1. The molecule has 0 aliphatic heterocycles. The number of hydrogen-bond acceptors (Lipinski definition) is 5. The predicted octanol–water partition coefficient (Wildman–Crippen LogP) is 4.23.